The standard InChI is InChI=1S/C16H16BrCl/c1-11-3-6-13(7-4-11)10-16(18)14-9-12(2)5-8-15(14)17/h3-9,16H,10H2,1-2H3. The summed E-state index contributed by atoms with van der Waals surface area (Å²) in [5.41, 5.74) is 4.95. The van der Waals surface area contributed by atoms with Gasteiger partial charge in [0.25, 0.3) is 0 Å². The number of halogens is 2. The third-order valence-corrected chi connectivity index (χ3v) is 4.14. The van der Waals surface area contributed by atoms with E-state index in [0.717, 1.165) is 16.5 Å². The molecular formula is C16H16BrCl. The minimum absolute atomic E-state index is 0.00183. The quantitative estimate of drug-likeness (QED) is 0.646. The minimum atomic E-state index is 0.00183. The molecule has 0 N–H and O–H groups in total. The Kier molecular flexibility index (Phi) is 4.47. The second-order valence-corrected chi connectivity index (χ2v) is 6.06. The van der Waals surface area contributed by atoms with E-state index in [2.05, 4.69) is 72.2 Å². The van der Waals surface area contributed by atoms with Crippen molar-refractivity contribution in [2.75, 3.05) is 0 Å². The van der Waals surface area contributed by atoms with E-state index >= 15 is 0 Å². The normalized spacial score (nSPS) is 12.4. The molecule has 1 unspecified atom stereocenters. The van der Waals surface area contributed by atoms with Crippen LogP contribution in [0.25, 0.3) is 0 Å². The lowest BCUT2D eigenvalue weighted by Crippen LogP contribution is -1.97. The Hall–Kier alpha value is -0.790. The van der Waals surface area contributed by atoms with Crippen LogP contribution in [0, 0.1) is 13.8 Å². The molecule has 0 amide bonds. The molecule has 0 spiro atoms. The first-order valence-electron chi connectivity index (χ1n) is 6.02. The largest absolute Gasteiger partial charge is 0.117 e. The molecule has 0 aliphatic heterocycles. The number of hydrogen-bond donors (Lipinski definition) is 0. The molecule has 0 saturated carbocycles. The fourth-order valence-electron chi connectivity index (χ4n) is 1.94. The summed E-state index contributed by atoms with van der Waals surface area (Å²) in [7, 11) is 0. The van der Waals surface area contributed by atoms with Crippen molar-refractivity contribution < 1.29 is 0 Å². The van der Waals surface area contributed by atoms with Gasteiger partial charge in [-0.3, -0.25) is 0 Å². The Morgan fingerprint density at radius 1 is 1.00 bits per heavy atom. The highest BCUT2D eigenvalue weighted by Gasteiger charge is 2.12. The fourth-order valence-corrected chi connectivity index (χ4v) is 2.96. The minimum Gasteiger partial charge on any atom is -0.117 e. The average molecular weight is 324 g/mol. The van der Waals surface area contributed by atoms with Gasteiger partial charge < -0.3 is 0 Å². The molecule has 1 atom stereocenters. The molecule has 2 heteroatoms. The molecule has 0 aliphatic carbocycles. The van der Waals surface area contributed by atoms with Gasteiger partial charge in [-0.15, -0.1) is 11.6 Å². The number of hydrogen-bond acceptors (Lipinski definition) is 0. The average Bonchev–Trinajstić information content (AvgIpc) is 2.35. The summed E-state index contributed by atoms with van der Waals surface area (Å²) in [5.74, 6) is 0. The molecule has 0 nitrogen and oxygen atoms in total. The molecule has 18 heavy (non-hydrogen) atoms. The Morgan fingerprint density at radius 3 is 2.28 bits per heavy atom. The van der Waals surface area contributed by atoms with Crippen molar-refractivity contribution in [3.05, 3.63) is 69.2 Å². The van der Waals surface area contributed by atoms with Gasteiger partial charge in [0.15, 0.2) is 0 Å². The van der Waals surface area contributed by atoms with Crippen molar-refractivity contribution >= 4 is 27.5 Å². The molecular weight excluding hydrogens is 308 g/mol. The molecule has 0 radical (unpaired) electrons. The molecule has 0 fully saturated rings. The number of rotatable bonds is 3. The summed E-state index contributed by atoms with van der Waals surface area (Å²) in [4.78, 5) is 0. The number of alkyl halides is 1. The van der Waals surface area contributed by atoms with Gasteiger partial charge in [0.2, 0.25) is 0 Å². The van der Waals surface area contributed by atoms with Gasteiger partial charge in [0, 0.05) is 4.47 Å². The first-order valence-corrected chi connectivity index (χ1v) is 7.25. The maximum absolute atomic E-state index is 6.53. The van der Waals surface area contributed by atoms with E-state index in [0.29, 0.717) is 0 Å². The molecule has 0 bridgehead atoms. The molecule has 0 aliphatic rings. The van der Waals surface area contributed by atoms with Crippen molar-refractivity contribution in [1.82, 2.24) is 0 Å². The van der Waals surface area contributed by atoms with Crippen LogP contribution in [0.5, 0.6) is 0 Å². The van der Waals surface area contributed by atoms with Gasteiger partial charge in [-0.1, -0.05) is 63.5 Å². The van der Waals surface area contributed by atoms with Crippen LogP contribution in [-0.2, 0) is 6.42 Å². The predicted molar refractivity (Wildman–Crippen MR) is 82.4 cm³/mol. The van der Waals surface area contributed by atoms with E-state index in [1.54, 1.807) is 0 Å². The SMILES string of the molecule is Cc1ccc(CC(Cl)c2cc(C)ccc2Br)cc1. The van der Waals surface area contributed by atoms with Crippen LogP contribution in [0.4, 0.5) is 0 Å². The Labute approximate surface area is 122 Å². The first kappa shape index (κ1) is 13.6. The van der Waals surface area contributed by atoms with Crippen molar-refractivity contribution in [3.8, 4) is 0 Å². The first-order chi connectivity index (χ1) is 8.56. The van der Waals surface area contributed by atoms with Gasteiger partial charge in [-0.25, -0.2) is 0 Å². The molecule has 2 aromatic carbocycles. The van der Waals surface area contributed by atoms with Gasteiger partial charge in [0.1, 0.15) is 0 Å². The van der Waals surface area contributed by atoms with E-state index in [9.17, 15) is 0 Å². The van der Waals surface area contributed by atoms with Crippen LogP contribution < -0.4 is 0 Å². The van der Waals surface area contributed by atoms with Crippen LogP contribution >= 0.6 is 27.5 Å². The highest BCUT2D eigenvalue weighted by Crippen LogP contribution is 2.31. The monoisotopic (exact) mass is 322 g/mol. The summed E-state index contributed by atoms with van der Waals surface area (Å²) in [5, 5.41) is 0.00183. The van der Waals surface area contributed by atoms with Crippen LogP contribution in [-0.4, -0.2) is 0 Å². The topological polar surface area (TPSA) is 0 Å². The zero-order chi connectivity index (χ0) is 13.1. The van der Waals surface area contributed by atoms with Gasteiger partial charge in [-0.05, 0) is 37.5 Å². The summed E-state index contributed by atoms with van der Waals surface area (Å²) in [6.45, 7) is 4.19. The predicted octanol–water partition coefficient (Wildman–Crippen LogP) is 5.59. The second kappa shape index (κ2) is 5.90. The van der Waals surface area contributed by atoms with E-state index in [1.165, 1.54) is 16.7 Å². The molecule has 2 aromatic rings. The number of benzene rings is 2. The smallest absolute Gasteiger partial charge is 0.0636 e. The summed E-state index contributed by atoms with van der Waals surface area (Å²) in [6.07, 6.45) is 0.851. The molecule has 0 heterocycles. The van der Waals surface area contributed by atoms with E-state index < -0.39 is 0 Å². The zero-order valence-corrected chi connectivity index (χ0v) is 12.9. The molecule has 0 aromatic heterocycles. The lowest BCUT2D eigenvalue weighted by atomic mass is 10.0. The van der Waals surface area contributed by atoms with Crippen LogP contribution in [0.3, 0.4) is 0 Å². The van der Waals surface area contributed by atoms with E-state index in [-0.39, 0.29) is 5.38 Å². The van der Waals surface area contributed by atoms with Crippen LogP contribution in [0.15, 0.2) is 46.9 Å². The maximum Gasteiger partial charge on any atom is 0.0636 e. The van der Waals surface area contributed by atoms with Gasteiger partial charge >= 0.3 is 0 Å². The van der Waals surface area contributed by atoms with Crippen LogP contribution in [0.2, 0.25) is 0 Å². The van der Waals surface area contributed by atoms with Crippen molar-refractivity contribution in [2.24, 2.45) is 0 Å². The second-order valence-electron chi connectivity index (χ2n) is 4.68. The lowest BCUT2D eigenvalue weighted by molar-refractivity contribution is 0.912. The highest BCUT2D eigenvalue weighted by atomic mass is 79.9. The van der Waals surface area contributed by atoms with E-state index in [1.807, 2.05) is 0 Å². The zero-order valence-electron chi connectivity index (χ0n) is 10.6. The third-order valence-electron chi connectivity index (χ3n) is 3.02. The molecule has 94 valence electrons. The maximum atomic E-state index is 6.53. The van der Waals surface area contributed by atoms with Crippen LogP contribution in [0.1, 0.15) is 27.6 Å². The van der Waals surface area contributed by atoms with Gasteiger partial charge in [0.05, 0.1) is 5.38 Å². The third kappa shape index (κ3) is 3.37. The fraction of sp³-hybridized carbons (Fsp3) is 0.250. The molecule has 0 saturated heterocycles. The van der Waals surface area contributed by atoms with E-state index in [4.69, 9.17) is 11.6 Å². The Bertz CT molecular complexity index is 531. The lowest BCUT2D eigenvalue weighted by Gasteiger charge is -2.13. The Morgan fingerprint density at radius 2 is 1.61 bits per heavy atom. The van der Waals surface area contributed by atoms with Crippen molar-refractivity contribution in [3.63, 3.8) is 0 Å². The van der Waals surface area contributed by atoms with Crippen molar-refractivity contribution in [2.45, 2.75) is 25.6 Å². The summed E-state index contributed by atoms with van der Waals surface area (Å²) >= 11 is 10.1. The summed E-state index contributed by atoms with van der Waals surface area (Å²) < 4.78 is 1.08. The highest BCUT2D eigenvalue weighted by molar-refractivity contribution is 9.10. The van der Waals surface area contributed by atoms with Crippen molar-refractivity contribution in [1.29, 1.82) is 0 Å². The Balaban J connectivity index is 2.18. The number of aryl methyl sites for hydroxylation is 2. The van der Waals surface area contributed by atoms with Gasteiger partial charge in [-0.2, -0.15) is 0 Å². The molecule has 2 rings (SSSR count). The summed E-state index contributed by atoms with van der Waals surface area (Å²) in [6, 6.07) is 14.9.